The van der Waals surface area contributed by atoms with Gasteiger partial charge >= 0.3 is 11.9 Å². The topological polar surface area (TPSA) is 94.2 Å². The number of ether oxygens (including phenoxy) is 3. The quantitative estimate of drug-likeness (QED) is 0.312. The first-order chi connectivity index (χ1) is 13.6. The fourth-order valence-corrected chi connectivity index (χ4v) is 0.798. The third kappa shape index (κ3) is 45.8. The van der Waals surface area contributed by atoms with Crippen molar-refractivity contribution in [1.82, 2.24) is 5.32 Å². The van der Waals surface area contributed by atoms with Crippen molar-refractivity contribution in [1.29, 1.82) is 0 Å². The van der Waals surface area contributed by atoms with Crippen LogP contribution in [-0.2, 0) is 28.6 Å². The van der Waals surface area contributed by atoms with Gasteiger partial charge in [0, 0.05) is 18.2 Å². The molecule has 1 aliphatic rings. The van der Waals surface area contributed by atoms with Crippen LogP contribution in [0, 0.1) is 12.3 Å². The lowest BCUT2D eigenvalue weighted by molar-refractivity contribution is -0.138. The predicted octanol–water partition coefficient (Wildman–Crippen LogP) is 3.21. The summed E-state index contributed by atoms with van der Waals surface area (Å²) in [6.07, 6.45) is 7.58. The average molecular weight is 412 g/mol. The molecule has 0 saturated carbocycles. The Morgan fingerprint density at radius 2 is 1.59 bits per heavy atom. The maximum absolute atomic E-state index is 10.4. The van der Waals surface area contributed by atoms with Crippen LogP contribution in [-0.4, -0.2) is 50.3 Å². The molecule has 1 heterocycles. The molecule has 0 bridgehead atoms. The van der Waals surface area contributed by atoms with Crippen molar-refractivity contribution in [2.75, 3.05) is 26.4 Å². The van der Waals surface area contributed by atoms with Crippen LogP contribution in [0.3, 0.4) is 0 Å². The fraction of sp³-hybridized carbons (Fsp3) is 0.500. The smallest absolute Gasteiger partial charge is 0.333 e. The first-order valence-electron chi connectivity index (χ1n) is 9.12. The zero-order valence-corrected chi connectivity index (χ0v) is 18.7. The van der Waals surface area contributed by atoms with Crippen molar-refractivity contribution in [3.05, 3.63) is 37.5 Å². The molecule has 0 aromatic carbocycles. The number of epoxide rings is 1. The molecular formula is C22H37NO6. The number of nitrogens with one attached hydrogen (secondary N) is 1. The van der Waals surface area contributed by atoms with Crippen LogP contribution in [0.4, 0.5) is 0 Å². The summed E-state index contributed by atoms with van der Waals surface area (Å²) < 4.78 is 13.7. The Labute approximate surface area is 176 Å². The minimum atomic E-state index is -0.359. The van der Waals surface area contributed by atoms with Crippen molar-refractivity contribution >= 4 is 17.8 Å². The second kappa shape index (κ2) is 27.4. The van der Waals surface area contributed by atoms with Gasteiger partial charge in [0.2, 0.25) is 5.91 Å². The van der Waals surface area contributed by atoms with E-state index in [0.717, 1.165) is 12.7 Å². The van der Waals surface area contributed by atoms with Crippen LogP contribution < -0.4 is 5.32 Å². The summed E-state index contributed by atoms with van der Waals surface area (Å²) in [6.45, 7) is 23.1. The maximum atomic E-state index is 10.4. The van der Waals surface area contributed by atoms with Crippen molar-refractivity contribution in [2.24, 2.45) is 0 Å². The van der Waals surface area contributed by atoms with Gasteiger partial charge in [-0.1, -0.05) is 19.7 Å². The Morgan fingerprint density at radius 1 is 1.17 bits per heavy atom. The summed E-state index contributed by atoms with van der Waals surface area (Å²) >= 11 is 0. The lowest BCUT2D eigenvalue weighted by atomic mass is 10.4. The van der Waals surface area contributed by atoms with E-state index in [1.807, 2.05) is 6.92 Å². The summed E-state index contributed by atoms with van der Waals surface area (Å²) in [5.41, 5.74) is 0.451. The number of carbonyl (C=O) groups is 3. The van der Waals surface area contributed by atoms with Crippen LogP contribution in [0.2, 0.25) is 0 Å². The molecule has 1 saturated heterocycles. The summed E-state index contributed by atoms with van der Waals surface area (Å²) in [5, 5.41) is 2.54. The SMILES string of the molecule is C#CC.C=C(C)C(=O)OCC.C=CC(=O)NCC.C=CC(=O)OCC.CC1CO1. The third-order valence-electron chi connectivity index (χ3n) is 2.11. The molecule has 0 aromatic heterocycles. The van der Waals surface area contributed by atoms with E-state index in [-0.39, 0.29) is 17.8 Å². The van der Waals surface area contributed by atoms with Crippen molar-refractivity contribution in [2.45, 2.75) is 47.6 Å². The van der Waals surface area contributed by atoms with Crippen molar-refractivity contribution in [3.63, 3.8) is 0 Å². The number of rotatable bonds is 6. The zero-order valence-electron chi connectivity index (χ0n) is 18.7. The molecule has 166 valence electrons. The van der Waals surface area contributed by atoms with E-state index in [1.54, 1.807) is 27.7 Å². The highest BCUT2D eigenvalue weighted by atomic mass is 16.6. The second-order valence-electron chi connectivity index (χ2n) is 4.99. The molecule has 0 spiro atoms. The Balaban J connectivity index is -0.000000139. The van der Waals surface area contributed by atoms with Crippen LogP contribution in [0.5, 0.6) is 0 Å². The molecule has 1 rings (SSSR count). The molecule has 7 nitrogen and oxygen atoms in total. The van der Waals surface area contributed by atoms with E-state index < -0.39 is 0 Å². The molecular weight excluding hydrogens is 374 g/mol. The molecule has 1 amide bonds. The predicted molar refractivity (Wildman–Crippen MR) is 117 cm³/mol. The lowest BCUT2D eigenvalue weighted by Crippen LogP contribution is -2.19. The minimum Gasteiger partial charge on any atom is -0.463 e. The number of likely N-dealkylation sites (N-methyl/N-ethyl adjacent to an activating group) is 1. The van der Waals surface area contributed by atoms with E-state index in [2.05, 4.69) is 53.8 Å². The van der Waals surface area contributed by atoms with Crippen LogP contribution >= 0.6 is 0 Å². The molecule has 1 fully saturated rings. The van der Waals surface area contributed by atoms with E-state index in [9.17, 15) is 14.4 Å². The van der Waals surface area contributed by atoms with E-state index in [1.165, 1.54) is 6.08 Å². The fourth-order valence-electron chi connectivity index (χ4n) is 0.798. The first kappa shape index (κ1) is 33.7. The van der Waals surface area contributed by atoms with Gasteiger partial charge in [-0.3, -0.25) is 4.79 Å². The van der Waals surface area contributed by atoms with Gasteiger partial charge in [-0.15, -0.1) is 12.3 Å². The third-order valence-corrected chi connectivity index (χ3v) is 2.11. The molecule has 1 N–H and O–H groups in total. The van der Waals surface area contributed by atoms with Crippen LogP contribution in [0.15, 0.2) is 37.5 Å². The average Bonchev–Trinajstić information content (AvgIpc) is 3.46. The summed E-state index contributed by atoms with van der Waals surface area (Å²) in [7, 11) is 0. The Bertz CT molecular complexity index is 494. The van der Waals surface area contributed by atoms with Crippen LogP contribution in [0.1, 0.15) is 41.5 Å². The number of carbonyl (C=O) groups excluding carboxylic acids is 3. The minimum absolute atomic E-state index is 0.109. The molecule has 1 unspecified atom stereocenters. The number of amides is 1. The highest BCUT2D eigenvalue weighted by Crippen LogP contribution is 2.04. The standard InChI is InChI=1S/C6H10O2.C5H9NO.C5H8O2.C3H6O.C3H4/c1-4-8-6(7)5(2)3;1-3-5(7)6-4-2;1-3-5(6)7-4-2;1-3-2-4-3;1-3-2/h2,4H2,1,3H3;3H,1,4H2,2H3,(H,6,7);3H,1,4H2,2H3;3H,2H2,1H3;1H,2H3. The number of hydrogen-bond acceptors (Lipinski definition) is 6. The van der Waals surface area contributed by atoms with E-state index in [0.29, 0.717) is 31.4 Å². The van der Waals surface area contributed by atoms with Gasteiger partial charge < -0.3 is 19.5 Å². The number of terminal acetylenes is 1. The number of hydrogen-bond donors (Lipinski definition) is 1. The number of esters is 2. The Morgan fingerprint density at radius 3 is 1.69 bits per heavy atom. The molecule has 0 radical (unpaired) electrons. The molecule has 0 aromatic rings. The molecule has 7 heteroatoms. The summed E-state index contributed by atoms with van der Waals surface area (Å²) in [6, 6.07) is 0. The van der Waals surface area contributed by atoms with E-state index >= 15 is 0 Å². The van der Waals surface area contributed by atoms with Gasteiger partial charge in [-0.25, -0.2) is 9.59 Å². The first-order valence-corrected chi connectivity index (χ1v) is 9.12. The van der Waals surface area contributed by atoms with Crippen molar-refractivity contribution in [3.8, 4) is 12.3 Å². The molecule has 1 aliphatic heterocycles. The van der Waals surface area contributed by atoms with Gasteiger partial charge in [0.05, 0.1) is 25.9 Å². The summed E-state index contributed by atoms with van der Waals surface area (Å²) in [4.78, 5) is 30.7. The largest absolute Gasteiger partial charge is 0.463 e. The monoisotopic (exact) mass is 411 g/mol. The van der Waals surface area contributed by atoms with Crippen molar-refractivity contribution < 1.29 is 28.6 Å². The van der Waals surface area contributed by atoms with Gasteiger partial charge in [0.25, 0.3) is 0 Å². The van der Waals surface area contributed by atoms with Gasteiger partial charge in [-0.2, -0.15) is 0 Å². The highest BCUT2D eigenvalue weighted by Gasteiger charge is 2.13. The van der Waals surface area contributed by atoms with Crippen LogP contribution in [0.25, 0.3) is 0 Å². The lowest BCUT2D eigenvalue weighted by Gasteiger charge is -1.96. The zero-order chi connectivity index (χ0) is 23.7. The van der Waals surface area contributed by atoms with Gasteiger partial charge in [-0.05, 0) is 47.6 Å². The molecule has 0 aliphatic carbocycles. The summed E-state index contributed by atoms with van der Waals surface area (Å²) in [5.74, 6) is 1.47. The maximum Gasteiger partial charge on any atom is 0.333 e. The van der Waals surface area contributed by atoms with Gasteiger partial charge in [0.15, 0.2) is 0 Å². The van der Waals surface area contributed by atoms with E-state index in [4.69, 9.17) is 4.74 Å². The molecule has 1 atom stereocenters. The Hall–Kier alpha value is -2.85. The Kier molecular flexibility index (Phi) is 31.8. The molecule has 29 heavy (non-hydrogen) atoms. The van der Waals surface area contributed by atoms with Gasteiger partial charge in [0.1, 0.15) is 0 Å². The highest BCUT2D eigenvalue weighted by molar-refractivity contribution is 5.87. The second-order valence-corrected chi connectivity index (χ2v) is 4.99. The normalized spacial score (nSPS) is 11.7.